The van der Waals surface area contributed by atoms with Crippen LogP contribution in [-0.2, 0) is 4.74 Å². The molecular formula is C16H23NO2. The summed E-state index contributed by atoms with van der Waals surface area (Å²) in [6.45, 7) is 7.06. The van der Waals surface area contributed by atoms with Crippen LogP contribution < -0.4 is 0 Å². The molecule has 3 nitrogen and oxygen atoms in total. The van der Waals surface area contributed by atoms with Crippen LogP contribution in [-0.4, -0.2) is 36.6 Å². The Kier molecular flexibility index (Phi) is 4.97. The van der Waals surface area contributed by atoms with E-state index in [2.05, 4.69) is 4.90 Å². The second-order valence-electron chi connectivity index (χ2n) is 5.45. The summed E-state index contributed by atoms with van der Waals surface area (Å²) in [6.07, 6.45) is 3.80. The lowest BCUT2D eigenvalue weighted by Gasteiger charge is -2.28. The zero-order chi connectivity index (χ0) is 13.7. The van der Waals surface area contributed by atoms with Gasteiger partial charge < -0.3 is 4.74 Å². The summed E-state index contributed by atoms with van der Waals surface area (Å²) < 4.78 is 5.51. The predicted octanol–water partition coefficient (Wildman–Crippen LogP) is 3.03. The number of carbonyl (C=O) groups excluding carboxylic acids is 1. The van der Waals surface area contributed by atoms with Crippen molar-refractivity contribution < 1.29 is 9.53 Å². The molecule has 1 aliphatic rings. The van der Waals surface area contributed by atoms with Crippen molar-refractivity contribution in [1.82, 2.24) is 4.90 Å². The topological polar surface area (TPSA) is 29.5 Å². The van der Waals surface area contributed by atoms with Gasteiger partial charge in [-0.1, -0.05) is 24.1 Å². The van der Waals surface area contributed by atoms with Gasteiger partial charge in [0.25, 0.3) is 0 Å². The number of rotatable bonds is 4. The molecule has 1 saturated heterocycles. The summed E-state index contributed by atoms with van der Waals surface area (Å²) in [5.41, 5.74) is 1.73. The number of carbonyl (C=O) groups is 1. The van der Waals surface area contributed by atoms with Gasteiger partial charge in [-0.3, -0.25) is 4.90 Å². The van der Waals surface area contributed by atoms with Crippen molar-refractivity contribution in [2.45, 2.75) is 39.2 Å². The van der Waals surface area contributed by atoms with E-state index in [0.717, 1.165) is 25.2 Å². The Bertz CT molecular complexity index is 425. The average Bonchev–Trinajstić information content (AvgIpc) is 2.39. The molecule has 0 aromatic heterocycles. The van der Waals surface area contributed by atoms with E-state index < -0.39 is 0 Å². The Labute approximate surface area is 115 Å². The lowest BCUT2D eigenvalue weighted by molar-refractivity contribution is 0.0236. The van der Waals surface area contributed by atoms with Crippen molar-refractivity contribution in [2.75, 3.05) is 19.6 Å². The van der Waals surface area contributed by atoms with E-state index in [1.54, 1.807) is 0 Å². The van der Waals surface area contributed by atoms with Crippen molar-refractivity contribution in [2.24, 2.45) is 0 Å². The Morgan fingerprint density at radius 3 is 2.74 bits per heavy atom. The normalized spacial score (nSPS) is 18.0. The quantitative estimate of drug-likeness (QED) is 0.780. The Hall–Kier alpha value is -1.35. The highest BCUT2D eigenvalue weighted by Gasteiger charge is 2.17. The van der Waals surface area contributed by atoms with Gasteiger partial charge in [0.1, 0.15) is 6.10 Å². The minimum absolute atomic E-state index is 0.0499. The third-order valence-electron chi connectivity index (χ3n) is 3.53. The molecule has 0 bridgehead atoms. The molecule has 104 valence electrons. The van der Waals surface area contributed by atoms with Crippen LogP contribution in [0.1, 0.15) is 42.1 Å². The molecule has 0 spiro atoms. The number of aryl methyl sites for hydroxylation is 1. The molecule has 0 radical (unpaired) electrons. The molecule has 1 aliphatic heterocycles. The SMILES string of the molecule is Cc1cccc(C(=O)OC(C)CN2CCCCC2)c1. The van der Waals surface area contributed by atoms with Crippen molar-refractivity contribution in [1.29, 1.82) is 0 Å². The van der Waals surface area contributed by atoms with E-state index in [4.69, 9.17) is 4.74 Å². The van der Waals surface area contributed by atoms with Crippen LogP contribution in [0.4, 0.5) is 0 Å². The second kappa shape index (κ2) is 6.71. The third-order valence-corrected chi connectivity index (χ3v) is 3.53. The maximum atomic E-state index is 12.0. The first-order valence-corrected chi connectivity index (χ1v) is 7.15. The first-order valence-electron chi connectivity index (χ1n) is 7.15. The van der Waals surface area contributed by atoms with E-state index in [0.29, 0.717) is 5.56 Å². The van der Waals surface area contributed by atoms with Crippen molar-refractivity contribution in [3.8, 4) is 0 Å². The van der Waals surface area contributed by atoms with Crippen molar-refractivity contribution in [3.63, 3.8) is 0 Å². The molecule has 1 aromatic rings. The molecule has 0 saturated carbocycles. The fourth-order valence-corrected chi connectivity index (χ4v) is 2.57. The van der Waals surface area contributed by atoms with Gasteiger partial charge in [0.05, 0.1) is 5.56 Å². The second-order valence-corrected chi connectivity index (χ2v) is 5.45. The fraction of sp³-hybridized carbons (Fsp3) is 0.562. The van der Waals surface area contributed by atoms with Crippen LogP contribution in [0.15, 0.2) is 24.3 Å². The van der Waals surface area contributed by atoms with Gasteiger partial charge in [-0.25, -0.2) is 4.79 Å². The monoisotopic (exact) mass is 261 g/mol. The van der Waals surface area contributed by atoms with Crippen LogP contribution in [0.25, 0.3) is 0 Å². The van der Waals surface area contributed by atoms with E-state index in [-0.39, 0.29) is 12.1 Å². The van der Waals surface area contributed by atoms with Crippen LogP contribution in [0, 0.1) is 6.92 Å². The van der Waals surface area contributed by atoms with Gasteiger partial charge in [-0.15, -0.1) is 0 Å². The fourth-order valence-electron chi connectivity index (χ4n) is 2.57. The molecule has 0 aliphatic carbocycles. The van der Waals surface area contributed by atoms with Gasteiger partial charge in [0.15, 0.2) is 0 Å². The molecule has 0 amide bonds. The van der Waals surface area contributed by atoms with Crippen LogP contribution in [0.3, 0.4) is 0 Å². The van der Waals surface area contributed by atoms with Gasteiger partial charge in [-0.2, -0.15) is 0 Å². The summed E-state index contributed by atoms with van der Waals surface area (Å²) in [6, 6.07) is 7.55. The Balaban J connectivity index is 1.84. The largest absolute Gasteiger partial charge is 0.458 e. The summed E-state index contributed by atoms with van der Waals surface area (Å²) in [5, 5.41) is 0. The molecule has 1 atom stereocenters. The standard InChI is InChI=1S/C16H23NO2/c1-13-7-6-8-15(11-13)16(18)19-14(2)12-17-9-4-3-5-10-17/h6-8,11,14H,3-5,9-10,12H2,1-2H3. The molecule has 2 rings (SSSR count). The average molecular weight is 261 g/mol. The number of benzene rings is 1. The third kappa shape index (κ3) is 4.35. The van der Waals surface area contributed by atoms with Gasteiger partial charge >= 0.3 is 5.97 Å². The minimum Gasteiger partial charge on any atom is -0.458 e. The zero-order valence-electron chi connectivity index (χ0n) is 11.9. The number of hydrogen-bond donors (Lipinski definition) is 0. The number of esters is 1. The van der Waals surface area contributed by atoms with E-state index in [1.807, 2.05) is 38.1 Å². The van der Waals surface area contributed by atoms with Gasteiger partial charge in [-0.05, 0) is 51.9 Å². The van der Waals surface area contributed by atoms with E-state index in [1.165, 1.54) is 19.3 Å². The summed E-state index contributed by atoms with van der Waals surface area (Å²) in [7, 11) is 0. The number of hydrogen-bond acceptors (Lipinski definition) is 3. The number of likely N-dealkylation sites (tertiary alicyclic amines) is 1. The molecule has 1 heterocycles. The zero-order valence-corrected chi connectivity index (χ0v) is 11.9. The predicted molar refractivity (Wildman–Crippen MR) is 76.3 cm³/mol. The highest BCUT2D eigenvalue weighted by molar-refractivity contribution is 5.89. The molecule has 1 fully saturated rings. The maximum absolute atomic E-state index is 12.0. The summed E-state index contributed by atoms with van der Waals surface area (Å²) in [4.78, 5) is 14.4. The molecule has 1 aromatic carbocycles. The van der Waals surface area contributed by atoms with Crippen LogP contribution in [0.5, 0.6) is 0 Å². The molecule has 19 heavy (non-hydrogen) atoms. The molecule has 0 N–H and O–H groups in total. The van der Waals surface area contributed by atoms with Crippen molar-refractivity contribution >= 4 is 5.97 Å². The minimum atomic E-state index is -0.215. The summed E-state index contributed by atoms with van der Waals surface area (Å²) in [5.74, 6) is -0.215. The Morgan fingerprint density at radius 2 is 2.05 bits per heavy atom. The molecular weight excluding hydrogens is 238 g/mol. The highest BCUT2D eigenvalue weighted by atomic mass is 16.5. The van der Waals surface area contributed by atoms with Gasteiger partial charge in [0, 0.05) is 6.54 Å². The highest BCUT2D eigenvalue weighted by Crippen LogP contribution is 2.11. The summed E-state index contributed by atoms with van der Waals surface area (Å²) >= 11 is 0. The van der Waals surface area contributed by atoms with Crippen LogP contribution >= 0.6 is 0 Å². The van der Waals surface area contributed by atoms with Gasteiger partial charge in [0.2, 0.25) is 0 Å². The van der Waals surface area contributed by atoms with Crippen LogP contribution in [0.2, 0.25) is 0 Å². The number of ether oxygens (including phenoxy) is 1. The number of nitrogens with zero attached hydrogens (tertiary/aromatic N) is 1. The number of piperidine rings is 1. The maximum Gasteiger partial charge on any atom is 0.338 e. The smallest absolute Gasteiger partial charge is 0.338 e. The van der Waals surface area contributed by atoms with Crippen molar-refractivity contribution in [3.05, 3.63) is 35.4 Å². The van der Waals surface area contributed by atoms with E-state index in [9.17, 15) is 4.79 Å². The Morgan fingerprint density at radius 1 is 1.32 bits per heavy atom. The first kappa shape index (κ1) is 14.1. The first-order chi connectivity index (χ1) is 9.15. The lowest BCUT2D eigenvalue weighted by Crippen LogP contribution is -2.37. The molecule has 1 unspecified atom stereocenters. The van der Waals surface area contributed by atoms with E-state index >= 15 is 0 Å². The lowest BCUT2D eigenvalue weighted by atomic mass is 10.1. The molecule has 3 heteroatoms.